The Kier molecular flexibility index (Phi) is 7.03. The molecule has 0 atom stereocenters. The second kappa shape index (κ2) is 8.29. The third kappa shape index (κ3) is 5.77. The molecule has 1 aromatic heterocycles. The van der Waals surface area contributed by atoms with E-state index in [2.05, 4.69) is 22.9 Å². The topological polar surface area (TPSA) is 70.2 Å². The van der Waals surface area contributed by atoms with Crippen LogP contribution < -0.4 is 16.0 Å². The summed E-state index contributed by atoms with van der Waals surface area (Å²) in [5.41, 5.74) is 0.430. The van der Waals surface area contributed by atoms with Gasteiger partial charge in [-0.1, -0.05) is 27.7 Å². The highest BCUT2D eigenvalue weighted by atomic mass is 32.1. The maximum Gasteiger partial charge on any atom is 0.261 e. The summed E-state index contributed by atoms with van der Waals surface area (Å²) in [6.45, 7) is 11.9. The van der Waals surface area contributed by atoms with Gasteiger partial charge in [0.15, 0.2) is 0 Å². The first-order valence-corrected chi connectivity index (χ1v) is 8.48. The molecule has 1 aromatic rings. The second-order valence-corrected chi connectivity index (χ2v) is 7.39. The quantitative estimate of drug-likeness (QED) is 0.675. The van der Waals surface area contributed by atoms with Crippen LogP contribution in [-0.4, -0.2) is 31.4 Å². The van der Waals surface area contributed by atoms with E-state index in [0.29, 0.717) is 16.4 Å². The van der Waals surface area contributed by atoms with Crippen molar-refractivity contribution in [2.45, 2.75) is 41.0 Å². The van der Waals surface area contributed by atoms with Crippen LogP contribution in [0.4, 0.5) is 5.00 Å². The summed E-state index contributed by atoms with van der Waals surface area (Å²) >= 11 is 1.32. The first kappa shape index (κ1) is 18.6. The van der Waals surface area contributed by atoms with Crippen LogP contribution in [0, 0.1) is 12.3 Å². The Labute approximate surface area is 136 Å². The summed E-state index contributed by atoms with van der Waals surface area (Å²) in [6, 6.07) is 1.85. The lowest BCUT2D eigenvalue weighted by Gasteiger charge is -2.16. The zero-order valence-electron chi connectivity index (χ0n) is 14.1. The SMILES string of the molecule is CCCNCCNC(=O)c1sc(NC(=O)C(C)(C)C)cc1C. The molecule has 0 aromatic carbocycles. The average molecular weight is 325 g/mol. The van der Waals surface area contributed by atoms with Crippen LogP contribution in [-0.2, 0) is 4.79 Å². The summed E-state index contributed by atoms with van der Waals surface area (Å²) in [5.74, 6) is -0.137. The van der Waals surface area contributed by atoms with Gasteiger partial charge in [-0.25, -0.2) is 0 Å². The number of carbonyl (C=O) groups is 2. The second-order valence-electron chi connectivity index (χ2n) is 6.33. The molecule has 1 rings (SSSR count). The first-order valence-electron chi connectivity index (χ1n) is 7.66. The van der Waals surface area contributed by atoms with Crippen LogP contribution in [0.1, 0.15) is 49.4 Å². The Morgan fingerprint density at radius 2 is 1.86 bits per heavy atom. The highest BCUT2D eigenvalue weighted by Crippen LogP contribution is 2.28. The molecule has 0 aliphatic rings. The largest absolute Gasteiger partial charge is 0.350 e. The van der Waals surface area contributed by atoms with E-state index < -0.39 is 5.41 Å². The number of nitrogens with one attached hydrogen (secondary N) is 3. The molecule has 0 saturated heterocycles. The van der Waals surface area contributed by atoms with Crippen molar-refractivity contribution in [3.8, 4) is 0 Å². The molecule has 3 N–H and O–H groups in total. The number of carbonyl (C=O) groups excluding carboxylic acids is 2. The van der Waals surface area contributed by atoms with Gasteiger partial charge in [-0.05, 0) is 31.5 Å². The van der Waals surface area contributed by atoms with Crippen molar-refractivity contribution in [2.75, 3.05) is 25.0 Å². The van der Waals surface area contributed by atoms with Gasteiger partial charge < -0.3 is 16.0 Å². The number of amides is 2. The van der Waals surface area contributed by atoms with Gasteiger partial charge in [-0.2, -0.15) is 0 Å². The van der Waals surface area contributed by atoms with Crippen molar-refractivity contribution in [1.82, 2.24) is 10.6 Å². The fourth-order valence-corrected chi connectivity index (χ4v) is 2.70. The summed E-state index contributed by atoms with van der Waals surface area (Å²) in [5, 5.41) is 9.71. The van der Waals surface area contributed by atoms with Crippen molar-refractivity contribution < 1.29 is 9.59 Å². The van der Waals surface area contributed by atoms with Crippen molar-refractivity contribution in [3.63, 3.8) is 0 Å². The monoisotopic (exact) mass is 325 g/mol. The Balaban J connectivity index is 2.58. The number of hydrogen-bond acceptors (Lipinski definition) is 4. The Hall–Kier alpha value is -1.40. The van der Waals surface area contributed by atoms with Gasteiger partial charge in [0.05, 0.1) is 9.88 Å². The van der Waals surface area contributed by atoms with E-state index in [9.17, 15) is 9.59 Å². The van der Waals surface area contributed by atoms with E-state index in [0.717, 1.165) is 25.1 Å². The van der Waals surface area contributed by atoms with Crippen molar-refractivity contribution >= 4 is 28.2 Å². The average Bonchev–Trinajstić information content (AvgIpc) is 2.78. The molecule has 0 fully saturated rings. The van der Waals surface area contributed by atoms with Crippen molar-refractivity contribution in [2.24, 2.45) is 5.41 Å². The zero-order valence-corrected chi connectivity index (χ0v) is 14.9. The lowest BCUT2D eigenvalue weighted by molar-refractivity contribution is -0.123. The summed E-state index contributed by atoms with van der Waals surface area (Å²) < 4.78 is 0. The molecule has 2 amide bonds. The van der Waals surface area contributed by atoms with Crippen LogP contribution in [0.5, 0.6) is 0 Å². The minimum absolute atomic E-state index is 0.0514. The lowest BCUT2D eigenvalue weighted by atomic mass is 9.96. The van der Waals surface area contributed by atoms with Gasteiger partial charge in [0.1, 0.15) is 0 Å². The predicted molar refractivity (Wildman–Crippen MR) is 92.6 cm³/mol. The molecule has 1 heterocycles. The van der Waals surface area contributed by atoms with Gasteiger partial charge in [0, 0.05) is 18.5 Å². The summed E-state index contributed by atoms with van der Waals surface area (Å²) in [7, 11) is 0. The molecule has 6 heteroatoms. The molecule has 5 nitrogen and oxygen atoms in total. The highest BCUT2D eigenvalue weighted by molar-refractivity contribution is 7.18. The Bertz CT molecular complexity index is 518. The summed E-state index contributed by atoms with van der Waals surface area (Å²) in [6.07, 6.45) is 1.08. The smallest absolute Gasteiger partial charge is 0.261 e. The number of rotatable bonds is 7. The molecule has 0 aliphatic heterocycles. The van der Waals surface area contributed by atoms with E-state index in [4.69, 9.17) is 0 Å². The van der Waals surface area contributed by atoms with Gasteiger partial charge in [0.25, 0.3) is 5.91 Å². The van der Waals surface area contributed by atoms with Crippen molar-refractivity contribution in [3.05, 3.63) is 16.5 Å². The third-order valence-corrected chi connectivity index (χ3v) is 4.21. The molecule has 22 heavy (non-hydrogen) atoms. The number of aryl methyl sites for hydroxylation is 1. The minimum atomic E-state index is -0.453. The zero-order chi connectivity index (χ0) is 16.8. The van der Waals surface area contributed by atoms with Crippen LogP contribution in [0.25, 0.3) is 0 Å². The molecule has 0 aliphatic carbocycles. The van der Waals surface area contributed by atoms with Crippen LogP contribution >= 0.6 is 11.3 Å². The van der Waals surface area contributed by atoms with E-state index in [-0.39, 0.29) is 11.8 Å². The third-order valence-electron chi connectivity index (χ3n) is 3.06. The summed E-state index contributed by atoms with van der Waals surface area (Å²) in [4.78, 5) is 24.8. The lowest BCUT2D eigenvalue weighted by Crippen LogP contribution is -2.31. The standard InChI is InChI=1S/C16H27N3O2S/c1-6-7-17-8-9-18-14(20)13-11(2)10-12(22-13)19-15(21)16(3,4)5/h10,17H,6-9H2,1-5H3,(H,18,20)(H,19,21). The van der Waals surface area contributed by atoms with E-state index in [1.54, 1.807) is 0 Å². The minimum Gasteiger partial charge on any atom is -0.350 e. The van der Waals surface area contributed by atoms with Crippen LogP contribution in [0.3, 0.4) is 0 Å². The number of thiophene rings is 1. The van der Waals surface area contributed by atoms with Crippen molar-refractivity contribution in [1.29, 1.82) is 0 Å². The molecule has 0 saturated carbocycles. The maximum absolute atomic E-state index is 12.2. The maximum atomic E-state index is 12.2. The van der Waals surface area contributed by atoms with Gasteiger partial charge in [0.2, 0.25) is 5.91 Å². The van der Waals surface area contributed by atoms with Crippen LogP contribution in [0.2, 0.25) is 0 Å². The molecule has 124 valence electrons. The highest BCUT2D eigenvalue weighted by Gasteiger charge is 2.22. The fraction of sp³-hybridized carbons (Fsp3) is 0.625. The molecule has 0 unspecified atom stereocenters. The Morgan fingerprint density at radius 1 is 1.18 bits per heavy atom. The molecular weight excluding hydrogens is 298 g/mol. The molecule has 0 bridgehead atoms. The van der Waals surface area contributed by atoms with E-state index in [1.807, 2.05) is 33.8 Å². The van der Waals surface area contributed by atoms with Crippen LogP contribution in [0.15, 0.2) is 6.07 Å². The number of anilines is 1. The van der Waals surface area contributed by atoms with Gasteiger partial charge in [-0.3, -0.25) is 9.59 Å². The molecule has 0 radical (unpaired) electrons. The van der Waals surface area contributed by atoms with Gasteiger partial charge >= 0.3 is 0 Å². The Morgan fingerprint density at radius 3 is 2.45 bits per heavy atom. The van der Waals surface area contributed by atoms with Gasteiger partial charge in [-0.15, -0.1) is 11.3 Å². The number of hydrogen-bond donors (Lipinski definition) is 3. The normalized spacial score (nSPS) is 11.3. The fourth-order valence-electron chi connectivity index (χ4n) is 1.71. The van der Waals surface area contributed by atoms with E-state index in [1.165, 1.54) is 11.3 Å². The predicted octanol–water partition coefficient (Wildman–Crippen LogP) is 2.77. The molecule has 0 spiro atoms. The first-order chi connectivity index (χ1) is 10.3. The van der Waals surface area contributed by atoms with E-state index >= 15 is 0 Å². The molecular formula is C16H27N3O2S.